The number of aliphatic hydroxyl groups excluding tert-OH is 3. The molecule has 4 N–H and O–H groups in total. The molecule has 0 spiro atoms. The number of nitrogens with zero attached hydrogens (tertiary/aromatic N) is 5. The summed E-state index contributed by atoms with van der Waals surface area (Å²) in [6.45, 7) is 1.98. The molecule has 31 heavy (non-hydrogen) atoms. The highest BCUT2D eigenvalue weighted by Crippen LogP contribution is 2.32. The first-order chi connectivity index (χ1) is 15.0. The second-order valence-electron chi connectivity index (χ2n) is 7.12. The SMILES string of the molecule is CCCSc1nc(NCc2ccc(F)cc2)c2nnn([C@@H]3O[C@H](CO)[C@@H](O)[C@H]3O)c2n1. The Bertz CT molecular complexity index is 1040. The lowest BCUT2D eigenvalue weighted by Gasteiger charge is -2.15. The molecular weight excluding hydrogens is 427 g/mol. The van der Waals surface area contributed by atoms with Crippen LogP contribution in [0.25, 0.3) is 11.2 Å². The Hall–Kier alpha value is -2.38. The fraction of sp³-hybridized carbons (Fsp3) is 0.474. The predicted octanol–water partition coefficient (Wildman–Crippen LogP) is 1.09. The van der Waals surface area contributed by atoms with Gasteiger partial charge in [0.2, 0.25) is 0 Å². The van der Waals surface area contributed by atoms with E-state index in [4.69, 9.17) is 4.74 Å². The standard InChI is InChI=1S/C19H23FN6O4S/c1-2-7-31-19-22-16(21-8-10-3-5-11(20)6-4-10)13-17(23-19)26(25-24-13)18-15(29)14(28)12(9-27)30-18/h3-6,12,14-15,18,27-29H,2,7-9H2,1H3,(H,21,22,23)/t12-,14-,15-,18-/m1/s1. The van der Waals surface area contributed by atoms with E-state index in [1.54, 1.807) is 12.1 Å². The fourth-order valence-electron chi connectivity index (χ4n) is 3.23. The second kappa shape index (κ2) is 9.40. The van der Waals surface area contributed by atoms with Crippen LogP contribution < -0.4 is 5.32 Å². The Labute approximate surface area is 181 Å². The molecule has 12 heteroatoms. The lowest BCUT2D eigenvalue weighted by atomic mass is 10.1. The molecule has 0 bridgehead atoms. The highest BCUT2D eigenvalue weighted by molar-refractivity contribution is 7.99. The molecule has 1 saturated heterocycles. The monoisotopic (exact) mass is 450 g/mol. The summed E-state index contributed by atoms with van der Waals surface area (Å²) in [5.41, 5.74) is 1.54. The molecule has 3 aromatic rings. The number of aromatic nitrogens is 5. The van der Waals surface area contributed by atoms with Gasteiger partial charge in [0.15, 0.2) is 28.4 Å². The van der Waals surface area contributed by atoms with Crippen molar-refractivity contribution in [2.24, 2.45) is 0 Å². The number of nitrogens with one attached hydrogen (secondary N) is 1. The number of halogens is 1. The van der Waals surface area contributed by atoms with Gasteiger partial charge in [0, 0.05) is 12.3 Å². The van der Waals surface area contributed by atoms with E-state index in [0.29, 0.717) is 28.7 Å². The smallest absolute Gasteiger partial charge is 0.191 e. The molecule has 0 radical (unpaired) electrons. The summed E-state index contributed by atoms with van der Waals surface area (Å²) < 4.78 is 20.0. The molecule has 4 rings (SSSR count). The van der Waals surface area contributed by atoms with Crippen LogP contribution in [-0.2, 0) is 11.3 Å². The maximum Gasteiger partial charge on any atom is 0.191 e. The highest BCUT2D eigenvalue weighted by atomic mass is 32.2. The molecule has 4 atom stereocenters. The van der Waals surface area contributed by atoms with Crippen molar-refractivity contribution in [2.45, 2.75) is 49.6 Å². The fourth-order valence-corrected chi connectivity index (χ4v) is 3.93. The molecule has 2 aromatic heterocycles. The zero-order valence-electron chi connectivity index (χ0n) is 16.7. The Morgan fingerprint density at radius 2 is 1.97 bits per heavy atom. The van der Waals surface area contributed by atoms with Gasteiger partial charge in [-0.2, -0.15) is 4.68 Å². The van der Waals surface area contributed by atoms with Crippen molar-refractivity contribution in [3.05, 3.63) is 35.6 Å². The van der Waals surface area contributed by atoms with Gasteiger partial charge in [-0.1, -0.05) is 36.0 Å². The number of fused-ring (bicyclic) bond motifs is 1. The summed E-state index contributed by atoms with van der Waals surface area (Å²) >= 11 is 1.46. The van der Waals surface area contributed by atoms with Crippen molar-refractivity contribution in [3.8, 4) is 0 Å². The molecule has 0 amide bonds. The molecule has 0 unspecified atom stereocenters. The number of anilines is 1. The third-order valence-corrected chi connectivity index (χ3v) is 5.92. The van der Waals surface area contributed by atoms with Gasteiger partial charge in [-0.25, -0.2) is 14.4 Å². The van der Waals surface area contributed by atoms with Crippen LogP contribution in [0.2, 0.25) is 0 Å². The quantitative estimate of drug-likeness (QED) is 0.291. The number of ether oxygens (including phenoxy) is 1. The summed E-state index contributed by atoms with van der Waals surface area (Å²) in [7, 11) is 0. The second-order valence-corrected chi connectivity index (χ2v) is 8.18. The van der Waals surface area contributed by atoms with Crippen molar-refractivity contribution in [3.63, 3.8) is 0 Å². The lowest BCUT2D eigenvalue weighted by molar-refractivity contribution is -0.0575. The third-order valence-electron chi connectivity index (χ3n) is 4.87. The molecule has 3 heterocycles. The van der Waals surface area contributed by atoms with Crippen LogP contribution in [0.15, 0.2) is 29.4 Å². The summed E-state index contributed by atoms with van der Waals surface area (Å²) in [5.74, 6) is 0.928. The van der Waals surface area contributed by atoms with Crippen molar-refractivity contribution in [2.75, 3.05) is 17.7 Å². The van der Waals surface area contributed by atoms with Gasteiger partial charge in [0.05, 0.1) is 6.61 Å². The van der Waals surface area contributed by atoms with E-state index in [1.807, 2.05) is 6.92 Å². The van der Waals surface area contributed by atoms with Crippen LogP contribution in [0.4, 0.5) is 10.2 Å². The van der Waals surface area contributed by atoms with E-state index >= 15 is 0 Å². The lowest BCUT2D eigenvalue weighted by Crippen LogP contribution is -2.33. The number of aliphatic hydroxyl groups is 3. The summed E-state index contributed by atoms with van der Waals surface area (Å²) in [4.78, 5) is 9.05. The van der Waals surface area contributed by atoms with E-state index in [-0.39, 0.29) is 5.82 Å². The van der Waals surface area contributed by atoms with Crippen molar-refractivity contribution >= 4 is 28.7 Å². The number of benzene rings is 1. The molecule has 166 valence electrons. The van der Waals surface area contributed by atoms with Gasteiger partial charge in [0.1, 0.15) is 24.1 Å². The van der Waals surface area contributed by atoms with Gasteiger partial charge < -0.3 is 25.4 Å². The van der Waals surface area contributed by atoms with E-state index in [9.17, 15) is 19.7 Å². The van der Waals surface area contributed by atoms with Crippen LogP contribution in [0, 0.1) is 5.82 Å². The molecule has 1 aliphatic rings. The Morgan fingerprint density at radius 1 is 1.19 bits per heavy atom. The Balaban J connectivity index is 1.68. The van der Waals surface area contributed by atoms with Gasteiger partial charge in [-0.3, -0.25) is 0 Å². The minimum absolute atomic E-state index is 0.312. The summed E-state index contributed by atoms with van der Waals surface area (Å²) in [6.07, 6.45) is -3.64. The van der Waals surface area contributed by atoms with E-state index < -0.39 is 31.1 Å². The largest absolute Gasteiger partial charge is 0.394 e. The van der Waals surface area contributed by atoms with Gasteiger partial charge in [-0.15, -0.1) is 5.10 Å². The number of hydrogen-bond acceptors (Lipinski definition) is 10. The number of hydrogen-bond donors (Lipinski definition) is 4. The van der Waals surface area contributed by atoms with Crippen LogP contribution in [0.1, 0.15) is 25.1 Å². The third kappa shape index (κ3) is 4.48. The van der Waals surface area contributed by atoms with Crippen molar-refractivity contribution in [1.82, 2.24) is 25.0 Å². The molecule has 1 aromatic carbocycles. The number of thioether (sulfide) groups is 1. The minimum Gasteiger partial charge on any atom is -0.394 e. The van der Waals surface area contributed by atoms with Crippen LogP contribution in [-0.4, -0.2) is 71.0 Å². The molecule has 1 aliphatic heterocycles. The van der Waals surface area contributed by atoms with Crippen molar-refractivity contribution in [1.29, 1.82) is 0 Å². The first-order valence-corrected chi connectivity index (χ1v) is 10.9. The average molecular weight is 450 g/mol. The average Bonchev–Trinajstić information content (AvgIpc) is 3.32. The van der Waals surface area contributed by atoms with Crippen LogP contribution >= 0.6 is 11.8 Å². The topological polar surface area (TPSA) is 138 Å². The first-order valence-electron chi connectivity index (χ1n) is 9.88. The Kier molecular flexibility index (Phi) is 6.62. The van der Waals surface area contributed by atoms with Gasteiger partial charge in [0.25, 0.3) is 0 Å². The predicted molar refractivity (Wildman–Crippen MR) is 111 cm³/mol. The summed E-state index contributed by atoms with van der Waals surface area (Å²) in [6, 6.07) is 6.10. The Morgan fingerprint density at radius 3 is 2.65 bits per heavy atom. The van der Waals surface area contributed by atoms with E-state index in [0.717, 1.165) is 17.7 Å². The molecule has 10 nitrogen and oxygen atoms in total. The highest BCUT2D eigenvalue weighted by Gasteiger charge is 2.44. The molecule has 0 saturated carbocycles. The van der Waals surface area contributed by atoms with Gasteiger partial charge in [-0.05, 0) is 24.1 Å². The first kappa shape index (κ1) is 21.8. The van der Waals surface area contributed by atoms with E-state index in [1.165, 1.54) is 28.6 Å². The molecular formula is C19H23FN6O4S. The normalized spacial score (nSPS) is 23.5. The zero-order valence-corrected chi connectivity index (χ0v) is 17.5. The van der Waals surface area contributed by atoms with Crippen molar-refractivity contribution < 1.29 is 24.4 Å². The zero-order chi connectivity index (χ0) is 22.0. The van der Waals surface area contributed by atoms with Gasteiger partial charge >= 0.3 is 0 Å². The molecule has 0 aliphatic carbocycles. The summed E-state index contributed by atoms with van der Waals surface area (Å²) in [5, 5.41) is 41.7. The number of rotatable bonds is 8. The minimum atomic E-state index is -1.31. The maximum atomic E-state index is 13.2. The van der Waals surface area contributed by atoms with Crippen LogP contribution in [0.5, 0.6) is 0 Å². The van der Waals surface area contributed by atoms with Crippen LogP contribution in [0.3, 0.4) is 0 Å². The maximum absolute atomic E-state index is 13.2. The molecule has 1 fully saturated rings. The van der Waals surface area contributed by atoms with E-state index in [2.05, 4.69) is 25.6 Å².